The number of carbonyl (C=O) groups is 1. The van der Waals surface area contributed by atoms with Crippen LogP contribution in [0.2, 0.25) is 0 Å². The van der Waals surface area contributed by atoms with Crippen molar-refractivity contribution in [3.05, 3.63) is 64.0 Å². The van der Waals surface area contributed by atoms with Crippen LogP contribution in [0.4, 0.5) is 0 Å². The maximum absolute atomic E-state index is 13.3. The number of hydrogen-bond donors (Lipinski definition) is 1. The number of aromatic amines is 1. The molecule has 5 nitrogen and oxygen atoms in total. The summed E-state index contributed by atoms with van der Waals surface area (Å²) in [7, 11) is 4.04. The number of H-pyrrole nitrogens is 1. The van der Waals surface area contributed by atoms with Gasteiger partial charge in [-0.15, -0.1) is 11.3 Å². The molecule has 0 aliphatic rings. The van der Waals surface area contributed by atoms with E-state index in [2.05, 4.69) is 34.2 Å². The molecule has 0 bridgehead atoms. The number of aromatic nitrogens is 2. The van der Waals surface area contributed by atoms with Crippen LogP contribution in [0, 0.1) is 6.92 Å². The first-order valence-electron chi connectivity index (χ1n) is 8.62. The molecule has 0 atom stereocenters. The number of benzene rings is 1. The molecule has 136 valence electrons. The molecule has 0 fully saturated rings. The van der Waals surface area contributed by atoms with Crippen molar-refractivity contribution < 1.29 is 4.79 Å². The van der Waals surface area contributed by atoms with Crippen LogP contribution in [-0.4, -0.2) is 53.1 Å². The number of likely N-dealkylation sites (N-methyl/N-ethyl adjacent to an activating group) is 1. The maximum Gasteiger partial charge on any atom is 0.258 e. The Morgan fingerprint density at radius 2 is 1.88 bits per heavy atom. The molecule has 3 aromatic rings. The quantitative estimate of drug-likeness (QED) is 0.692. The van der Waals surface area contributed by atoms with E-state index in [1.165, 1.54) is 9.75 Å². The largest absolute Gasteiger partial charge is 0.332 e. The minimum Gasteiger partial charge on any atom is -0.332 e. The van der Waals surface area contributed by atoms with Crippen LogP contribution < -0.4 is 0 Å². The molecule has 1 amide bonds. The predicted octanol–water partition coefficient (Wildman–Crippen LogP) is 3.65. The molecular weight excluding hydrogens is 344 g/mol. The minimum atomic E-state index is 0.00510. The number of thiophene rings is 1. The van der Waals surface area contributed by atoms with Gasteiger partial charge in [0.25, 0.3) is 5.91 Å². The van der Waals surface area contributed by atoms with E-state index in [1.54, 1.807) is 17.5 Å². The van der Waals surface area contributed by atoms with Crippen LogP contribution in [0.5, 0.6) is 0 Å². The highest BCUT2D eigenvalue weighted by molar-refractivity contribution is 7.11. The van der Waals surface area contributed by atoms with Gasteiger partial charge >= 0.3 is 0 Å². The summed E-state index contributed by atoms with van der Waals surface area (Å²) in [6.07, 6.45) is 1.63. The first kappa shape index (κ1) is 18.4. The lowest BCUT2D eigenvalue weighted by Crippen LogP contribution is -2.36. The third kappa shape index (κ3) is 4.39. The van der Waals surface area contributed by atoms with Gasteiger partial charge < -0.3 is 9.80 Å². The normalized spacial score (nSPS) is 11.1. The van der Waals surface area contributed by atoms with Gasteiger partial charge in [-0.3, -0.25) is 9.89 Å². The van der Waals surface area contributed by atoms with Gasteiger partial charge in [0.15, 0.2) is 0 Å². The predicted molar refractivity (Wildman–Crippen MR) is 106 cm³/mol. The van der Waals surface area contributed by atoms with E-state index in [4.69, 9.17) is 0 Å². The van der Waals surface area contributed by atoms with Gasteiger partial charge in [0.2, 0.25) is 0 Å². The lowest BCUT2D eigenvalue weighted by atomic mass is 10.1. The zero-order chi connectivity index (χ0) is 18.5. The lowest BCUT2D eigenvalue weighted by Gasteiger charge is -2.24. The second-order valence-corrected chi connectivity index (χ2v) is 7.94. The highest BCUT2D eigenvalue weighted by Crippen LogP contribution is 2.24. The van der Waals surface area contributed by atoms with Gasteiger partial charge in [0, 0.05) is 28.4 Å². The molecule has 6 heteroatoms. The Balaban J connectivity index is 1.86. The molecule has 26 heavy (non-hydrogen) atoms. The van der Waals surface area contributed by atoms with Crippen molar-refractivity contribution in [3.63, 3.8) is 0 Å². The molecule has 0 aliphatic heterocycles. The van der Waals surface area contributed by atoms with Crippen LogP contribution >= 0.6 is 11.3 Å². The zero-order valence-electron chi connectivity index (χ0n) is 15.4. The maximum atomic E-state index is 13.3. The first-order chi connectivity index (χ1) is 12.5. The summed E-state index contributed by atoms with van der Waals surface area (Å²) < 4.78 is 0. The fourth-order valence-corrected chi connectivity index (χ4v) is 3.68. The SMILES string of the molecule is Cc1ccc(CN(CCN(C)C)C(=O)c2cn[nH]c2-c2ccccc2)s1. The topological polar surface area (TPSA) is 52.2 Å². The van der Waals surface area contributed by atoms with Crippen molar-refractivity contribution in [1.82, 2.24) is 20.0 Å². The standard InChI is InChI=1S/C20H24N4OS/c1-15-9-10-17(26-15)14-24(12-11-23(2)3)20(25)18-13-21-22-19(18)16-7-5-4-6-8-16/h4-10,13H,11-12,14H2,1-3H3,(H,21,22). The summed E-state index contributed by atoms with van der Waals surface area (Å²) in [4.78, 5) is 19.7. The van der Waals surface area contributed by atoms with Gasteiger partial charge in [-0.05, 0) is 33.2 Å². The van der Waals surface area contributed by atoms with Crippen LogP contribution in [0.3, 0.4) is 0 Å². The fraction of sp³-hybridized carbons (Fsp3) is 0.300. The summed E-state index contributed by atoms with van der Waals surface area (Å²) >= 11 is 1.73. The second kappa shape index (κ2) is 8.29. The van der Waals surface area contributed by atoms with E-state index in [1.807, 2.05) is 49.3 Å². The molecule has 1 N–H and O–H groups in total. The van der Waals surface area contributed by atoms with Crippen LogP contribution in [-0.2, 0) is 6.54 Å². The van der Waals surface area contributed by atoms with E-state index in [-0.39, 0.29) is 5.91 Å². The average molecular weight is 369 g/mol. The Morgan fingerprint density at radius 3 is 2.54 bits per heavy atom. The van der Waals surface area contributed by atoms with Gasteiger partial charge in [0.05, 0.1) is 24.0 Å². The molecule has 0 saturated carbocycles. The minimum absolute atomic E-state index is 0.00510. The smallest absolute Gasteiger partial charge is 0.258 e. The van der Waals surface area contributed by atoms with Gasteiger partial charge in [-0.25, -0.2) is 0 Å². The van der Waals surface area contributed by atoms with E-state index >= 15 is 0 Å². The van der Waals surface area contributed by atoms with E-state index < -0.39 is 0 Å². The molecule has 0 radical (unpaired) electrons. The van der Waals surface area contributed by atoms with Crippen molar-refractivity contribution in [3.8, 4) is 11.3 Å². The summed E-state index contributed by atoms with van der Waals surface area (Å²) in [6, 6.07) is 14.1. The number of amides is 1. The lowest BCUT2D eigenvalue weighted by molar-refractivity contribution is 0.0734. The highest BCUT2D eigenvalue weighted by atomic mass is 32.1. The number of nitrogens with one attached hydrogen (secondary N) is 1. The van der Waals surface area contributed by atoms with Crippen LogP contribution in [0.25, 0.3) is 11.3 Å². The molecule has 1 aromatic carbocycles. The van der Waals surface area contributed by atoms with Crippen molar-refractivity contribution in [2.24, 2.45) is 0 Å². The molecule has 2 heterocycles. The zero-order valence-corrected chi connectivity index (χ0v) is 16.2. The monoisotopic (exact) mass is 368 g/mol. The molecule has 2 aromatic heterocycles. The number of carbonyl (C=O) groups excluding carboxylic acids is 1. The second-order valence-electron chi connectivity index (χ2n) is 6.57. The van der Waals surface area contributed by atoms with E-state index in [9.17, 15) is 4.79 Å². The van der Waals surface area contributed by atoms with Crippen LogP contribution in [0.15, 0.2) is 48.7 Å². The van der Waals surface area contributed by atoms with Gasteiger partial charge in [-0.1, -0.05) is 30.3 Å². The van der Waals surface area contributed by atoms with Crippen molar-refractivity contribution in [1.29, 1.82) is 0 Å². The van der Waals surface area contributed by atoms with Crippen LogP contribution in [0.1, 0.15) is 20.1 Å². The third-order valence-corrected chi connectivity index (χ3v) is 5.16. The first-order valence-corrected chi connectivity index (χ1v) is 9.44. The van der Waals surface area contributed by atoms with E-state index in [0.717, 1.165) is 17.8 Å². The molecule has 0 saturated heterocycles. The Morgan fingerprint density at radius 1 is 1.12 bits per heavy atom. The van der Waals surface area contributed by atoms with Gasteiger partial charge in [-0.2, -0.15) is 5.10 Å². The number of hydrogen-bond acceptors (Lipinski definition) is 4. The Hall–Kier alpha value is -2.44. The third-order valence-electron chi connectivity index (χ3n) is 4.18. The molecular formula is C20H24N4OS. The molecule has 0 unspecified atom stereocenters. The Kier molecular flexibility index (Phi) is 5.85. The Labute approximate surface area is 158 Å². The van der Waals surface area contributed by atoms with E-state index in [0.29, 0.717) is 18.7 Å². The molecule has 0 aliphatic carbocycles. The summed E-state index contributed by atoms with van der Waals surface area (Å²) in [6.45, 7) is 4.19. The average Bonchev–Trinajstić information content (AvgIpc) is 3.27. The number of nitrogens with zero attached hydrogens (tertiary/aromatic N) is 3. The Bertz CT molecular complexity index is 854. The number of rotatable bonds is 7. The summed E-state index contributed by atoms with van der Waals surface area (Å²) in [5.74, 6) is 0.00510. The van der Waals surface area contributed by atoms with Crippen molar-refractivity contribution in [2.75, 3.05) is 27.2 Å². The van der Waals surface area contributed by atoms with Gasteiger partial charge in [0.1, 0.15) is 0 Å². The number of aryl methyl sites for hydroxylation is 1. The highest BCUT2D eigenvalue weighted by Gasteiger charge is 2.22. The van der Waals surface area contributed by atoms with Crippen molar-refractivity contribution in [2.45, 2.75) is 13.5 Å². The van der Waals surface area contributed by atoms with Crippen molar-refractivity contribution >= 4 is 17.2 Å². The summed E-state index contributed by atoms with van der Waals surface area (Å²) in [5, 5.41) is 7.11. The fourth-order valence-electron chi connectivity index (χ4n) is 2.77. The summed E-state index contributed by atoms with van der Waals surface area (Å²) in [5.41, 5.74) is 2.35. The molecule has 3 rings (SSSR count). The molecule has 0 spiro atoms.